The molecule has 0 rings (SSSR count). The molecular weight excluding hydrogens is 359 g/mol. The summed E-state index contributed by atoms with van der Waals surface area (Å²) in [5.41, 5.74) is 4.60. The second kappa shape index (κ2) is 11.7. The third kappa shape index (κ3) is 14.5. The number of nitriles is 1. The van der Waals surface area contributed by atoms with Crippen molar-refractivity contribution in [2.45, 2.75) is 32.7 Å². The molecule has 3 N–H and O–H groups in total. The van der Waals surface area contributed by atoms with E-state index >= 15 is 0 Å². The minimum Gasteiger partial charge on any atom is -0.432 e. The van der Waals surface area contributed by atoms with Gasteiger partial charge in [-0.15, -0.1) is 0 Å². The number of nitrogens with zero attached hydrogens (tertiary/aromatic N) is 2. The molecule has 0 saturated carbocycles. The van der Waals surface area contributed by atoms with Crippen molar-refractivity contribution < 1.29 is 0 Å². The van der Waals surface area contributed by atoms with Gasteiger partial charge in [0.15, 0.2) is 0 Å². The van der Waals surface area contributed by atoms with Crippen LogP contribution in [0.4, 0.5) is 0 Å². The average molecular weight is 377 g/mol. The van der Waals surface area contributed by atoms with Crippen molar-refractivity contribution in [1.82, 2.24) is 0 Å². The third-order valence-corrected chi connectivity index (χ3v) is 13.3. The molecule has 0 unspecified atom stereocenters. The van der Waals surface area contributed by atoms with E-state index in [9.17, 15) is 0 Å². The van der Waals surface area contributed by atoms with E-state index in [1.54, 1.807) is 11.9 Å². The Morgan fingerprint density at radius 1 is 1.38 bits per heavy atom. The molecular formula is C8H18N4Pb-. The van der Waals surface area contributed by atoms with Crippen LogP contribution in [0.5, 0.6) is 0 Å². The molecule has 0 aliphatic carbocycles. The summed E-state index contributed by atoms with van der Waals surface area (Å²) in [7, 11) is 0. The van der Waals surface area contributed by atoms with Crippen LogP contribution in [0.2, 0.25) is 11.9 Å². The van der Waals surface area contributed by atoms with E-state index in [0.717, 1.165) is 0 Å². The molecule has 0 aromatic rings. The van der Waals surface area contributed by atoms with Gasteiger partial charge in [0.05, 0.1) is 12.2 Å². The van der Waals surface area contributed by atoms with Crippen molar-refractivity contribution in [2.24, 2.45) is 5.73 Å². The number of guanidine groups is 1. The molecule has 0 aliphatic rings. The summed E-state index contributed by atoms with van der Waals surface area (Å²) >= 11 is -0.789. The van der Waals surface area contributed by atoms with Gasteiger partial charge in [-0.1, -0.05) is 0 Å². The van der Waals surface area contributed by atoms with Crippen molar-refractivity contribution >= 4 is 28.7 Å². The number of hydrogen-bond acceptors (Lipinski definition) is 2. The zero-order valence-electron chi connectivity index (χ0n) is 8.59. The van der Waals surface area contributed by atoms with Crippen molar-refractivity contribution in [1.29, 1.82) is 10.7 Å². The Kier molecular flexibility index (Phi) is 13.6. The first-order chi connectivity index (χ1) is 6.12. The smallest absolute Gasteiger partial charge is 0.0665 e. The summed E-state index contributed by atoms with van der Waals surface area (Å²) in [5, 5.41) is 16.7. The minimum atomic E-state index is -0.789. The minimum absolute atomic E-state index is 0.447. The predicted molar refractivity (Wildman–Crippen MR) is 58.1 cm³/mol. The zero-order chi connectivity index (χ0) is 10.7. The van der Waals surface area contributed by atoms with Crippen LogP contribution in [0.1, 0.15) is 20.8 Å². The monoisotopic (exact) mass is 378 g/mol. The number of hydrogen-bond donors (Lipinski definition) is 2. The Labute approximate surface area is 89.1 Å². The Morgan fingerprint density at radius 2 is 1.77 bits per heavy atom. The molecule has 0 atom stereocenters. The number of nitrogens with one attached hydrogen (secondary N) is 1. The summed E-state index contributed by atoms with van der Waals surface area (Å²) in [6.45, 7) is 7.07. The van der Waals surface area contributed by atoms with Gasteiger partial charge in [-0.05, 0) is 0 Å². The topological polar surface area (TPSA) is 87.8 Å². The van der Waals surface area contributed by atoms with Gasteiger partial charge in [-0.2, -0.15) is 0 Å². The van der Waals surface area contributed by atoms with Crippen LogP contribution in [-0.2, 0) is 0 Å². The summed E-state index contributed by atoms with van der Waals surface area (Å²) in [6, 6.07) is 0. The maximum atomic E-state index is 7.60. The standard InChI is InChI=1S/C2H3N4.3C2H5.Pb/c3-1-6-2(4)5;3*1-2;/h(H3-,4,5,6);3*1H2,2H3;/q-1;;;;. The van der Waals surface area contributed by atoms with Crippen LogP contribution in [0, 0.1) is 16.9 Å². The van der Waals surface area contributed by atoms with Gasteiger partial charge in [0.25, 0.3) is 0 Å². The van der Waals surface area contributed by atoms with Crippen LogP contribution in [0.3, 0.4) is 0 Å². The van der Waals surface area contributed by atoms with Gasteiger partial charge >= 0.3 is 55.4 Å². The Bertz CT molecular complexity index is 155. The molecule has 0 aromatic heterocycles. The summed E-state index contributed by atoms with van der Waals surface area (Å²) in [6.07, 6.45) is 1.34. The van der Waals surface area contributed by atoms with Crippen LogP contribution in [0.25, 0.3) is 5.32 Å². The molecule has 13 heavy (non-hydrogen) atoms. The quantitative estimate of drug-likeness (QED) is 0.342. The molecule has 0 heterocycles. The van der Waals surface area contributed by atoms with Gasteiger partial charge in [-0.3, -0.25) is 5.32 Å². The summed E-state index contributed by atoms with van der Waals surface area (Å²) < 4.78 is 4.70. The molecule has 1 radical (unpaired) electrons. The van der Waals surface area contributed by atoms with Crippen LogP contribution in [-0.4, -0.2) is 28.7 Å². The van der Waals surface area contributed by atoms with Gasteiger partial charge in [0, 0.05) is 0 Å². The molecule has 0 fully saturated rings. The second-order valence-corrected chi connectivity index (χ2v) is 16.5. The first-order valence-electron chi connectivity index (χ1n) is 4.39. The largest absolute Gasteiger partial charge is 0.432 e. The van der Waals surface area contributed by atoms with E-state index in [-0.39, 0.29) is 0 Å². The van der Waals surface area contributed by atoms with Crippen molar-refractivity contribution in [3.05, 3.63) is 5.32 Å². The van der Waals surface area contributed by atoms with E-state index in [1.165, 1.54) is 6.19 Å². The average Bonchev–Trinajstić information content (AvgIpc) is 2.08. The van der Waals surface area contributed by atoms with Crippen molar-refractivity contribution in [3.63, 3.8) is 0 Å². The van der Waals surface area contributed by atoms with E-state index in [2.05, 4.69) is 31.8 Å². The maximum Gasteiger partial charge on any atom is 0.0665 e. The number of rotatable bonds is 3. The Morgan fingerprint density at radius 3 is 1.77 bits per heavy atom. The summed E-state index contributed by atoms with van der Waals surface area (Å²) in [4.78, 5) is 0. The third-order valence-electron chi connectivity index (χ3n) is 1.67. The fourth-order valence-electron chi connectivity index (χ4n) is 0.804. The molecule has 0 aliphatic heterocycles. The van der Waals surface area contributed by atoms with E-state index in [4.69, 9.17) is 10.7 Å². The van der Waals surface area contributed by atoms with Crippen LogP contribution < -0.4 is 5.73 Å². The van der Waals surface area contributed by atoms with Crippen molar-refractivity contribution in [2.75, 3.05) is 0 Å². The fourth-order valence-corrected chi connectivity index (χ4v) is 6.64. The second-order valence-electron chi connectivity index (χ2n) is 2.41. The molecule has 5 heteroatoms. The zero-order valence-corrected chi connectivity index (χ0v) is 12.5. The normalized spacial score (nSPS) is 8.23. The molecule has 0 aromatic carbocycles. The predicted octanol–water partition coefficient (Wildman–Crippen LogP) is 2.28. The van der Waals surface area contributed by atoms with E-state index in [0.29, 0.717) is 0 Å². The molecule has 75 valence electrons. The molecule has 0 amide bonds. The molecule has 0 spiro atoms. The van der Waals surface area contributed by atoms with Gasteiger partial charge < -0.3 is 16.4 Å². The van der Waals surface area contributed by atoms with Gasteiger partial charge in [0.2, 0.25) is 0 Å². The van der Waals surface area contributed by atoms with Gasteiger partial charge in [-0.25, -0.2) is 0 Å². The molecule has 0 saturated heterocycles. The van der Waals surface area contributed by atoms with Crippen LogP contribution >= 0.6 is 0 Å². The Hall–Kier alpha value is -0.318. The van der Waals surface area contributed by atoms with Crippen LogP contribution in [0.15, 0.2) is 0 Å². The summed E-state index contributed by atoms with van der Waals surface area (Å²) in [5.74, 6) is -0.447. The maximum absolute atomic E-state index is 7.60. The molecule has 4 nitrogen and oxygen atoms in total. The SMILES string of the molecule is C[CH2][Pb]([CH2]C)[CH2]C.N#C[N-]C(=N)N. The molecule has 0 bridgehead atoms. The first kappa shape index (κ1) is 15.2. The van der Waals surface area contributed by atoms with E-state index < -0.39 is 28.7 Å². The first-order valence-corrected chi connectivity index (χ1v) is 12.6. The number of nitrogens with two attached hydrogens (primary N) is 1. The fraction of sp³-hybridized carbons (Fsp3) is 0.750. The van der Waals surface area contributed by atoms with Gasteiger partial charge in [0.1, 0.15) is 0 Å². The van der Waals surface area contributed by atoms with Crippen molar-refractivity contribution in [3.8, 4) is 6.19 Å². The Balaban J connectivity index is 0. The van der Waals surface area contributed by atoms with E-state index in [1.807, 2.05) is 0 Å².